The molecule has 0 aliphatic heterocycles. The second-order valence-corrected chi connectivity index (χ2v) is 8.14. The highest BCUT2D eigenvalue weighted by atomic mass is 79.9. The number of hydrogen-bond donors (Lipinski definition) is 2. The van der Waals surface area contributed by atoms with Crippen LogP contribution in [0.15, 0.2) is 53.0 Å². The van der Waals surface area contributed by atoms with Gasteiger partial charge >= 0.3 is 0 Å². The van der Waals surface area contributed by atoms with E-state index in [1.807, 2.05) is 12.1 Å². The van der Waals surface area contributed by atoms with Gasteiger partial charge in [-0.1, -0.05) is 40.2 Å². The number of ether oxygens (including phenoxy) is 1. The third-order valence-electron chi connectivity index (χ3n) is 3.36. The molecule has 0 unspecified atom stereocenters. The summed E-state index contributed by atoms with van der Waals surface area (Å²) >= 11 is 3.33. The molecule has 2 aromatic rings. The van der Waals surface area contributed by atoms with Crippen LogP contribution in [0.5, 0.6) is 5.75 Å². The molecule has 0 radical (unpaired) electrons. The van der Waals surface area contributed by atoms with Crippen LogP contribution in [0.3, 0.4) is 0 Å². The number of sulfonamides is 1. The fourth-order valence-electron chi connectivity index (χ4n) is 1.98. The van der Waals surface area contributed by atoms with Crippen LogP contribution in [-0.2, 0) is 27.1 Å². The lowest BCUT2D eigenvalue weighted by Crippen LogP contribution is -2.28. The summed E-state index contributed by atoms with van der Waals surface area (Å²) in [4.78, 5) is 11.8. The van der Waals surface area contributed by atoms with Crippen molar-refractivity contribution in [1.29, 1.82) is 0 Å². The Morgan fingerprint density at radius 3 is 2.24 bits per heavy atom. The Kier molecular flexibility index (Phi) is 6.98. The molecule has 0 atom stereocenters. The summed E-state index contributed by atoms with van der Waals surface area (Å²) in [5, 5.41) is 2.76. The molecule has 0 fully saturated rings. The van der Waals surface area contributed by atoms with E-state index in [-0.39, 0.29) is 18.3 Å². The Morgan fingerprint density at radius 2 is 1.64 bits per heavy atom. The van der Waals surface area contributed by atoms with Crippen molar-refractivity contribution in [3.63, 3.8) is 0 Å². The summed E-state index contributed by atoms with van der Waals surface area (Å²) in [6.07, 6.45) is 0. The van der Waals surface area contributed by atoms with Gasteiger partial charge in [-0.3, -0.25) is 4.79 Å². The number of rotatable bonds is 8. The van der Waals surface area contributed by atoms with Crippen molar-refractivity contribution in [2.45, 2.75) is 12.3 Å². The standard InChI is InChI=1S/C17H19BrN2O4S/c1-19-25(22,23)12-14-4-2-13(3-5-14)10-20-17(21)11-24-16-8-6-15(18)7-9-16/h2-9,19H,10-12H2,1H3,(H,20,21). The molecule has 0 heterocycles. The largest absolute Gasteiger partial charge is 0.484 e. The summed E-state index contributed by atoms with van der Waals surface area (Å²) in [5.74, 6) is 0.315. The number of nitrogens with one attached hydrogen (secondary N) is 2. The van der Waals surface area contributed by atoms with Gasteiger partial charge in [0.1, 0.15) is 5.75 Å². The number of carbonyl (C=O) groups is 1. The van der Waals surface area contributed by atoms with Gasteiger partial charge in [0.25, 0.3) is 5.91 Å². The molecule has 0 bridgehead atoms. The van der Waals surface area contributed by atoms with Crippen LogP contribution >= 0.6 is 15.9 Å². The Morgan fingerprint density at radius 1 is 1.04 bits per heavy atom. The zero-order chi connectivity index (χ0) is 18.3. The molecule has 1 amide bonds. The molecule has 0 aliphatic rings. The molecule has 2 N–H and O–H groups in total. The first-order valence-electron chi connectivity index (χ1n) is 7.52. The van der Waals surface area contributed by atoms with Crippen molar-refractivity contribution in [1.82, 2.24) is 10.0 Å². The third-order valence-corrected chi connectivity index (χ3v) is 5.23. The predicted octanol–water partition coefficient (Wildman–Crippen LogP) is 2.19. The van der Waals surface area contributed by atoms with Gasteiger partial charge in [-0.2, -0.15) is 0 Å². The molecular weight excluding hydrogens is 408 g/mol. The van der Waals surface area contributed by atoms with E-state index in [1.54, 1.807) is 36.4 Å². The van der Waals surface area contributed by atoms with Gasteiger partial charge in [0.15, 0.2) is 6.61 Å². The fourth-order valence-corrected chi connectivity index (χ4v) is 3.02. The predicted molar refractivity (Wildman–Crippen MR) is 99.6 cm³/mol. The van der Waals surface area contributed by atoms with Crippen molar-refractivity contribution in [2.24, 2.45) is 0 Å². The number of hydrogen-bond acceptors (Lipinski definition) is 4. The number of halogens is 1. The van der Waals surface area contributed by atoms with Crippen molar-refractivity contribution in [3.8, 4) is 5.75 Å². The van der Waals surface area contributed by atoms with Gasteiger partial charge in [-0.05, 0) is 42.4 Å². The minimum atomic E-state index is -3.29. The molecule has 0 aliphatic carbocycles. The molecule has 134 valence electrons. The third kappa shape index (κ3) is 6.85. The smallest absolute Gasteiger partial charge is 0.258 e. The van der Waals surface area contributed by atoms with Crippen LogP contribution in [0.4, 0.5) is 0 Å². The van der Waals surface area contributed by atoms with Gasteiger partial charge in [0, 0.05) is 11.0 Å². The molecule has 0 aromatic heterocycles. The first-order valence-corrected chi connectivity index (χ1v) is 9.96. The van der Waals surface area contributed by atoms with Crippen LogP contribution in [-0.4, -0.2) is 28.0 Å². The summed E-state index contributed by atoms with van der Waals surface area (Å²) in [5.41, 5.74) is 1.56. The van der Waals surface area contributed by atoms with E-state index in [1.165, 1.54) is 7.05 Å². The highest BCUT2D eigenvalue weighted by Gasteiger charge is 2.08. The first-order chi connectivity index (χ1) is 11.9. The average Bonchev–Trinajstić information content (AvgIpc) is 2.60. The lowest BCUT2D eigenvalue weighted by molar-refractivity contribution is -0.123. The van der Waals surface area contributed by atoms with E-state index >= 15 is 0 Å². The van der Waals surface area contributed by atoms with Crippen molar-refractivity contribution in [3.05, 3.63) is 64.1 Å². The van der Waals surface area contributed by atoms with Gasteiger partial charge in [-0.25, -0.2) is 13.1 Å². The number of amides is 1. The minimum absolute atomic E-state index is 0.0693. The van der Waals surface area contributed by atoms with Crippen molar-refractivity contribution >= 4 is 31.9 Å². The average molecular weight is 427 g/mol. The molecule has 2 aromatic carbocycles. The van der Waals surface area contributed by atoms with Gasteiger partial charge in [0.2, 0.25) is 10.0 Å². The van der Waals surface area contributed by atoms with E-state index in [0.717, 1.165) is 10.0 Å². The van der Waals surface area contributed by atoms with E-state index in [2.05, 4.69) is 26.0 Å². The highest BCUT2D eigenvalue weighted by molar-refractivity contribution is 9.10. The quantitative estimate of drug-likeness (QED) is 0.677. The van der Waals surface area contributed by atoms with Crippen LogP contribution in [0.1, 0.15) is 11.1 Å². The lowest BCUT2D eigenvalue weighted by atomic mass is 10.1. The SMILES string of the molecule is CNS(=O)(=O)Cc1ccc(CNC(=O)COc2ccc(Br)cc2)cc1. The normalized spacial score (nSPS) is 11.1. The lowest BCUT2D eigenvalue weighted by Gasteiger charge is -2.08. The maximum atomic E-state index is 11.8. The Hall–Kier alpha value is -1.90. The van der Waals surface area contributed by atoms with Crippen LogP contribution in [0.2, 0.25) is 0 Å². The minimum Gasteiger partial charge on any atom is -0.484 e. The molecule has 6 nitrogen and oxygen atoms in total. The van der Waals surface area contributed by atoms with Crippen LogP contribution in [0, 0.1) is 0 Å². The molecule has 0 spiro atoms. The maximum absolute atomic E-state index is 11.8. The number of benzene rings is 2. The van der Waals surface area contributed by atoms with Gasteiger partial charge < -0.3 is 10.1 Å². The second-order valence-electron chi connectivity index (χ2n) is 5.30. The van der Waals surface area contributed by atoms with Crippen molar-refractivity contribution < 1.29 is 17.9 Å². The Labute approximate surface area is 155 Å². The first kappa shape index (κ1) is 19.4. The second kappa shape index (κ2) is 8.98. The summed E-state index contributed by atoms with van der Waals surface area (Å²) in [6, 6.07) is 14.3. The highest BCUT2D eigenvalue weighted by Crippen LogP contribution is 2.15. The Bertz CT molecular complexity index is 806. The molecular formula is C17H19BrN2O4S. The molecule has 2 rings (SSSR count). The van der Waals surface area contributed by atoms with Gasteiger partial charge in [0.05, 0.1) is 5.75 Å². The topological polar surface area (TPSA) is 84.5 Å². The van der Waals surface area contributed by atoms with Crippen LogP contribution in [0.25, 0.3) is 0 Å². The van der Waals surface area contributed by atoms with Crippen LogP contribution < -0.4 is 14.8 Å². The van der Waals surface area contributed by atoms with Crippen molar-refractivity contribution in [2.75, 3.05) is 13.7 Å². The molecule has 8 heteroatoms. The molecule has 0 saturated carbocycles. The summed E-state index contributed by atoms with van der Waals surface area (Å²) in [6.45, 7) is 0.279. The molecule has 25 heavy (non-hydrogen) atoms. The zero-order valence-electron chi connectivity index (χ0n) is 13.7. The van der Waals surface area contributed by atoms with E-state index in [0.29, 0.717) is 17.9 Å². The summed E-state index contributed by atoms with van der Waals surface area (Å²) < 4.78 is 31.6. The summed E-state index contributed by atoms with van der Waals surface area (Å²) in [7, 11) is -1.90. The fraction of sp³-hybridized carbons (Fsp3) is 0.235. The zero-order valence-corrected chi connectivity index (χ0v) is 16.1. The van der Waals surface area contributed by atoms with Gasteiger partial charge in [-0.15, -0.1) is 0 Å². The Balaban J connectivity index is 1.78. The monoisotopic (exact) mass is 426 g/mol. The van der Waals surface area contributed by atoms with E-state index in [4.69, 9.17) is 4.74 Å². The molecule has 0 saturated heterocycles. The maximum Gasteiger partial charge on any atom is 0.258 e. The van der Waals surface area contributed by atoms with E-state index < -0.39 is 10.0 Å². The number of carbonyl (C=O) groups excluding carboxylic acids is 1. The van der Waals surface area contributed by atoms with E-state index in [9.17, 15) is 13.2 Å².